The molecule has 1 aromatic carbocycles. The van der Waals surface area contributed by atoms with Crippen molar-refractivity contribution in [2.45, 2.75) is 87.0 Å². The summed E-state index contributed by atoms with van der Waals surface area (Å²) in [5, 5.41) is 8.39. The molecular formula is C35H59FN4O4. The Morgan fingerprint density at radius 3 is 2.27 bits per heavy atom. The van der Waals surface area contributed by atoms with E-state index in [1.54, 1.807) is 13.1 Å². The van der Waals surface area contributed by atoms with Crippen LogP contribution in [0.5, 0.6) is 5.75 Å². The molecule has 0 spiro atoms. The number of fused-ring (bicyclic) bond motifs is 1. The summed E-state index contributed by atoms with van der Waals surface area (Å²) in [4.78, 5) is 37.2. The molecule has 1 aliphatic rings. The summed E-state index contributed by atoms with van der Waals surface area (Å²) in [5.41, 5.74) is 3.40. The predicted molar refractivity (Wildman–Crippen MR) is 182 cm³/mol. The molecule has 0 aliphatic carbocycles. The van der Waals surface area contributed by atoms with E-state index in [1.807, 2.05) is 33.8 Å². The van der Waals surface area contributed by atoms with Crippen molar-refractivity contribution in [3.8, 4) is 5.75 Å². The summed E-state index contributed by atoms with van der Waals surface area (Å²) in [6.45, 7) is 18.8. The molecule has 0 aromatic heterocycles. The van der Waals surface area contributed by atoms with Crippen molar-refractivity contribution in [2.75, 3.05) is 46.4 Å². The van der Waals surface area contributed by atoms with Gasteiger partial charge >= 0.3 is 0 Å². The Hall–Kier alpha value is -3.46. The Labute approximate surface area is 266 Å². The number of allylic oxidation sites excluding steroid dienone is 5. The van der Waals surface area contributed by atoms with Crippen LogP contribution in [0.25, 0.3) is 0 Å². The van der Waals surface area contributed by atoms with E-state index in [2.05, 4.69) is 61.5 Å². The van der Waals surface area contributed by atoms with Crippen molar-refractivity contribution in [1.29, 1.82) is 0 Å². The first-order valence-corrected chi connectivity index (χ1v) is 16.0. The minimum absolute atomic E-state index is 0.0858. The minimum atomic E-state index is -0.406. The summed E-state index contributed by atoms with van der Waals surface area (Å²) in [5.74, 6) is -0.318. The molecule has 0 atom stereocenters. The van der Waals surface area contributed by atoms with Crippen LogP contribution in [0.4, 0.5) is 4.39 Å². The van der Waals surface area contributed by atoms with Gasteiger partial charge in [0.2, 0.25) is 17.7 Å². The van der Waals surface area contributed by atoms with E-state index in [-0.39, 0.29) is 37.4 Å². The normalized spacial score (nSPS) is 15.5. The Balaban J connectivity index is 0. The summed E-state index contributed by atoms with van der Waals surface area (Å²) in [7, 11) is 1.56. The smallest absolute Gasteiger partial charge is 0.240 e. The minimum Gasteiger partial charge on any atom is -0.492 e. The van der Waals surface area contributed by atoms with Gasteiger partial charge in [0.05, 0.1) is 19.6 Å². The van der Waals surface area contributed by atoms with Gasteiger partial charge in [0, 0.05) is 20.1 Å². The average Bonchev–Trinajstić information content (AvgIpc) is 3.03. The van der Waals surface area contributed by atoms with Crippen LogP contribution >= 0.6 is 0 Å². The number of unbranched alkanes of at least 4 members (excludes halogenated alkanes) is 1. The Morgan fingerprint density at radius 1 is 1.00 bits per heavy atom. The number of hydrogen-bond acceptors (Lipinski definition) is 5. The maximum absolute atomic E-state index is 12.1. The van der Waals surface area contributed by atoms with Gasteiger partial charge in [-0.3, -0.25) is 14.4 Å². The molecule has 2 rings (SSSR count). The van der Waals surface area contributed by atoms with Crippen molar-refractivity contribution in [3.05, 3.63) is 65.5 Å². The molecule has 8 nitrogen and oxygen atoms in total. The molecule has 44 heavy (non-hydrogen) atoms. The molecule has 0 bridgehead atoms. The lowest BCUT2D eigenvalue weighted by atomic mass is 10.0. The first kappa shape index (κ1) is 42.7. The standard InChI is InChI=1S/C21H32N4O4.C8H11F.C4H10.C2H6/c1-3-16-7-8-17-6-4-5-9-23-19(26)13-24-20(27)15-25(2)21(28)14-22-10-11-29-18(17)12-16;1-4-7(2)5-6-8(3)9;1-3-4-2;1-2/h7-8,12,22H,3-6,9-11,13-15H2,1-2H3,(H,23,26)(H,24,27);4-6H,3H2,1-2H3;3-4H2,1-2H3;1-2H3/b;6-5-,7-4-;;. The molecule has 3 N–H and O–H groups in total. The molecule has 1 aromatic rings. The van der Waals surface area contributed by atoms with Gasteiger partial charge in [0.25, 0.3) is 0 Å². The molecule has 0 radical (unpaired) electrons. The number of nitrogens with one attached hydrogen (secondary N) is 3. The van der Waals surface area contributed by atoms with Crippen molar-refractivity contribution in [3.63, 3.8) is 0 Å². The maximum atomic E-state index is 12.1. The van der Waals surface area contributed by atoms with Gasteiger partial charge in [-0.15, -0.1) is 0 Å². The third-order valence-corrected chi connectivity index (χ3v) is 6.28. The zero-order valence-electron chi connectivity index (χ0n) is 28.6. The summed E-state index contributed by atoms with van der Waals surface area (Å²) in [6.07, 6.45) is 11.1. The lowest BCUT2D eigenvalue weighted by Gasteiger charge is -2.17. The van der Waals surface area contributed by atoms with Crippen molar-refractivity contribution >= 4 is 17.7 Å². The molecule has 0 saturated heterocycles. The second-order valence-electron chi connectivity index (χ2n) is 9.97. The number of rotatable bonds is 4. The maximum Gasteiger partial charge on any atom is 0.240 e. The Bertz CT molecular complexity index is 1020. The molecule has 1 heterocycles. The van der Waals surface area contributed by atoms with Crippen LogP contribution in [0, 0.1) is 0 Å². The van der Waals surface area contributed by atoms with Crippen LogP contribution in [0.15, 0.2) is 54.4 Å². The zero-order valence-corrected chi connectivity index (χ0v) is 28.6. The van der Waals surface area contributed by atoms with Gasteiger partial charge in [0.15, 0.2) is 0 Å². The number of halogens is 1. The average molecular weight is 619 g/mol. The van der Waals surface area contributed by atoms with Crippen LogP contribution in [0.2, 0.25) is 0 Å². The topological polar surface area (TPSA) is 99.8 Å². The second-order valence-corrected chi connectivity index (χ2v) is 9.97. The highest BCUT2D eigenvalue weighted by atomic mass is 19.1. The van der Waals surface area contributed by atoms with E-state index in [0.717, 1.165) is 42.6 Å². The van der Waals surface area contributed by atoms with E-state index < -0.39 is 5.83 Å². The molecule has 1 aliphatic heterocycles. The molecule has 0 fully saturated rings. The van der Waals surface area contributed by atoms with Crippen molar-refractivity contribution in [1.82, 2.24) is 20.9 Å². The lowest BCUT2D eigenvalue weighted by Crippen LogP contribution is -2.44. The zero-order chi connectivity index (χ0) is 33.8. The van der Waals surface area contributed by atoms with E-state index in [9.17, 15) is 18.8 Å². The number of amides is 3. The Morgan fingerprint density at radius 2 is 1.68 bits per heavy atom. The molecule has 0 unspecified atom stereocenters. The number of ether oxygens (including phenoxy) is 1. The SMILES string of the molecule is C=C(F)/C=C\C(C)=C/C.CC.CCCC.CCc1ccc2c(c1)OCCNCC(=O)N(C)CC(=O)NCC(=O)NCCCC2. The Kier molecular flexibility index (Phi) is 27.5. The summed E-state index contributed by atoms with van der Waals surface area (Å²) < 4.78 is 17.9. The molecule has 3 amide bonds. The van der Waals surface area contributed by atoms with Crippen molar-refractivity contribution in [2.24, 2.45) is 0 Å². The lowest BCUT2D eigenvalue weighted by molar-refractivity contribution is -0.134. The predicted octanol–water partition coefficient (Wildman–Crippen LogP) is 6.07. The molecule has 250 valence electrons. The third-order valence-electron chi connectivity index (χ3n) is 6.28. The highest BCUT2D eigenvalue weighted by Crippen LogP contribution is 2.23. The summed E-state index contributed by atoms with van der Waals surface area (Å²) >= 11 is 0. The number of benzene rings is 1. The van der Waals surface area contributed by atoms with Crippen LogP contribution < -0.4 is 20.7 Å². The number of nitrogens with zero attached hydrogens (tertiary/aromatic N) is 1. The van der Waals surface area contributed by atoms with Gasteiger partial charge < -0.3 is 25.6 Å². The van der Waals surface area contributed by atoms with Crippen LogP contribution in [0.3, 0.4) is 0 Å². The molecule has 0 saturated carbocycles. The van der Waals surface area contributed by atoms with Crippen molar-refractivity contribution < 1.29 is 23.5 Å². The fraction of sp³-hybridized carbons (Fsp3) is 0.571. The molecule has 9 heteroatoms. The second kappa shape index (κ2) is 28.3. The largest absolute Gasteiger partial charge is 0.492 e. The summed E-state index contributed by atoms with van der Waals surface area (Å²) in [6, 6.07) is 6.31. The highest BCUT2D eigenvalue weighted by molar-refractivity contribution is 5.88. The quantitative estimate of drug-likeness (QED) is 0.356. The van der Waals surface area contributed by atoms with E-state index in [0.29, 0.717) is 19.7 Å². The number of carbonyl (C=O) groups excluding carboxylic acids is 3. The monoisotopic (exact) mass is 618 g/mol. The number of carbonyl (C=O) groups is 3. The fourth-order valence-corrected chi connectivity index (χ4v) is 3.31. The number of likely N-dealkylation sites (N-methyl/N-ethyl adjacent to an activating group) is 1. The highest BCUT2D eigenvalue weighted by Gasteiger charge is 2.14. The van der Waals surface area contributed by atoms with Gasteiger partial charge in [-0.2, -0.15) is 0 Å². The van der Waals surface area contributed by atoms with E-state index in [1.165, 1.54) is 29.4 Å². The first-order chi connectivity index (χ1) is 21.1. The van der Waals surface area contributed by atoms with Crippen LogP contribution in [-0.2, 0) is 27.2 Å². The number of aryl methyl sites for hydroxylation is 2. The fourth-order valence-electron chi connectivity index (χ4n) is 3.31. The third kappa shape index (κ3) is 23.1. The van der Waals surface area contributed by atoms with Crippen LogP contribution in [0.1, 0.15) is 85.3 Å². The van der Waals surface area contributed by atoms with Crippen LogP contribution in [-0.4, -0.2) is 69.0 Å². The first-order valence-electron chi connectivity index (χ1n) is 16.0. The van der Waals surface area contributed by atoms with Gasteiger partial charge in [0.1, 0.15) is 18.2 Å². The van der Waals surface area contributed by atoms with Gasteiger partial charge in [-0.25, -0.2) is 4.39 Å². The van der Waals surface area contributed by atoms with Gasteiger partial charge in [-0.05, 0) is 62.8 Å². The van der Waals surface area contributed by atoms with Gasteiger partial charge in [-0.1, -0.05) is 83.9 Å². The van der Waals surface area contributed by atoms with E-state index in [4.69, 9.17) is 4.74 Å². The number of hydrogen-bond donors (Lipinski definition) is 3. The van der Waals surface area contributed by atoms with E-state index >= 15 is 0 Å². The molecular weight excluding hydrogens is 559 g/mol.